The fraction of sp³-hybridized carbons (Fsp3) is 0.444. The molecule has 0 atom stereocenters. The summed E-state index contributed by atoms with van der Waals surface area (Å²) in [4.78, 5) is 13.0. The van der Waals surface area contributed by atoms with E-state index in [1.54, 1.807) is 18.2 Å². The van der Waals surface area contributed by atoms with Crippen molar-refractivity contribution in [2.75, 3.05) is 18.4 Å². The summed E-state index contributed by atoms with van der Waals surface area (Å²) in [5.41, 5.74) is 0.280. The molecule has 1 aliphatic rings. The van der Waals surface area contributed by atoms with Crippen LogP contribution in [-0.4, -0.2) is 22.9 Å². The number of hydrogen-bond acceptors (Lipinski definition) is 5. The minimum Gasteiger partial charge on any atom is -0.433 e. The molecule has 26 heavy (non-hydrogen) atoms. The number of anilines is 1. The van der Waals surface area contributed by atoms with Crippen LogP contribution in [0.5, 0.6) is 5.75 Å². The van der Waals surface area contributed by atoms with E-state index in [9.17, 15) is 10.1 Å². The highest BCUT2D eigenvalue weighted by molar-refractivity contribution is 6.40. The van der Waals surface area contributed by atoms with Gasteiger partial charge in [-0.3, -0.25) is 10.1 Å². The molecule has 2 rings (SSSR count). The summed E-state index contributed by atoms with van der Waals surface area (Å²) in [5.74, 6) is 0.488. The van der Waals surface area contributed by atoms with Gasteiger partial charge in [0.15, 0.2) is 10.8 Å². The molecule has 1 aromatic rings. The van der Waals surface area contributed by atoms with Crippen molar-refractivity contribution in [1.82, 2.24) is 4.90 Å². The van der Waals surface area contributed by atoms with Crippen LogP contribution in [0.1, 0.15) is 39.5 Å². The van der Waals surface area contributed by atoms with E-state index < -0.39 is 4.92 Å². The minimum absolute atomic E-state index is 0.0229. The Kier molecular flexibility index (Phi) is 7.60. The molecule has 0 fully saturated rings. The second-order valence-electron chi connectivity index (χ2n) is 5.96. The molecule has 0 amide bonds. The minimum atomic E-state index is -0.573. The first-order chi connectivity index (χ1) is 12.5. The van der Waals surface area contributed by atoms with Crippen LogP contribution in [0.3, 0.4) is 0 Å². The number of nitro groups is 1. The van der Waals surface area contributed by atoms with Crippen LogP contribution in [-0.2, 0) is 0 Å². The topological polar surface area (TPSA) is 67.6 Å². The average Bonchev–Trinajstić information content (AvgIpc) is 3.04. The Hall–Kier alpha value is -1.92. The summed E-state index contributed by atoms with van der Waals surface area (Å²) in [6.07, 6.45) is 3.84. The molecular formula is C18H23Cl2N3O3. The summed E-state index contributed by atoms with van der Waals surface area (Å²) < 4.78 is 5.57. The number of nitrogens with zero attached hydrogens (tertiary/aromatic N) is 2. The van der Waals surface area contributed by atoms with Crippen molar-refractivity contribution in [2.24, 2.45) is 0 Å². The van der Waals surface area contributed by atoms with Gasteiger partial charge in [0.25, 0.3) is 5.88 Å². The lowest BCUT2D eigenvalue weighted by Crippen LogP contribution is -2.25. The molecule has 0 radical (unpaired) electrons. The molecular weight excluding hydrogens is 377 g/mol. The maximum Gasteiger partial charge on any atom is 0.350 e. The summed E-state index contributed by atoms with van der Waals surface area (Å²) in [7, 11) is 0. The van der Waals surface area contributed by atoms with Gasteiger partial charge in [0.05, 0.1) is 10.6 Å². The first-order valence-electron chi connectivity index (χ1n) is 8.72. The molecule has 8 heteroatoms. The summed E-state index contributed by atoms with van der Waals surface area (Å²) >= 11 is 12.8. The van der Waals surface area contributed by atoms with Gasteiger partial charge in [-0.1, -0.05) is 62.0 Å². The van der Waals surface area contributed by atoms with E-state index in [2.05, 4.69) is 19.2 Å². The van der Waals surface area contributed by atoms with Gasteiger partial charge in [-0.15, -0.1) is 0 Å². The molecule has 1 aromatic carbocycles. The number of fused-ring (bicyclic) bond motifs is 1. The van der Waals surface area contributed by atoms with Crippen LogP contribution in [0.4, 0.5) is 5.69 Å². The fourth-order valence-corrected chi connectivity index (χ4v) is 3.06. The summed E-state index contributed by atoms with van der Waals surface area (Å²) in [6.45, 7) is 5.55. The van der Waals surface area contributed by atoms with E-state index in [0.29, 0.717) is 24.5 Å². The number of hydrogen-bond donors (Lipinski definition) is 1. The highest BCUT2D eigenvalue weighted by Gasteiger charge is 2.32. The van der Waals surface area contributed by atoms with Crippen molar-refractivity contribution >= 4 is 28.9 Å². The number of halogens is 2. The molecule has 0 saturated heterocycles. The van der Waals surface area contributed by atoms with E-state index in [0.717, 1.165) is 25.7 Å². The molecule has 0 bridgehead atoms. The van der Waals surface area contributed by atoms with Gasteiger partial charge >= 0.3 is 5.70 Å². The maximum atomic E-state index is 11.7. The van der Waals surface area contributed by atoms with Gasteiger partial charge in [-0.2, -0.15) is 0 Å². The standard InChI is InChI=1S/C18H23Cl2N3O3/c1-3-5-11-22(12-6-4-2)17(20)15(19)16(23(24)25)18-21-13-9-7-8-10-14(13)26-18/h7-10,21H,3-6,11-12H2,1-2H3/b17-15+,18-16-. The van der Waals surface area contributed by atoms with Crippen LogP contribution in [0.15, 0.2) is 46.0 Å². The SMILES string of the molecule is CCCCN(CCCC)/C(Cl)=C(Cl)\C(=C1/Nc2ccccc2O1)[N+](=O)[O-]. The second kappa shape index (κ2) is 9.69. The molecule has 142 valence electrons. The lowest BCUT2D eigenvalue weighted by Gasteiger charge is -2.24. The molecule has 1 heterocycles. The van der Waals surface area contributed by atoms with Gasteiger partial charge in [0, 0.05) is 13.1 Å². The van der Waals surface area contributed by atoms with E-state index >= 15 is 0 Å². The molecule has 0 aliphatic carbocycles. The quantitative estimate of drug-likeness (QED) is 0.338. The average molecular weight is 400 g/mol. The second-order valence-corrected chi connectivity index (χ2v) is 6.69. The molecule has 0 unspecified atom stereocenters. The third kappa shape index (κ3) is 4.83. The Morgan fingerprint density at radius 2 is 1.81 bits per heavy atom. The predicted molar refractivity (Wildman–Crippen MR) is 105 cm³/mol. The van der Waals surface area contributed by atoms with Crippen molar-refractivity contribution in [3.05, 3.63) is 56.1 Å². The van der Waals surface area contributed by atoms with Crippen molar-refractivity contribution in [3.8, 4) is 5.75 Å². The van der Waals surface area contributed by atoms with Crippen LogP contribution in [0.25, 0.3) is 0 Å². The molecule has 1 N–H and O–H groups in total. The van der Waals surface area contributed by atoms with Gasteiger partial charge in [-0.05, 0) is 25.0 Å². The lowest BCUT2D eigenvalue weighted by molar-refractivity contribution is -0.422. The van der Waals surface area contributed by atoms with Crippen LogP contribution >= 0.6 is 23.2 Å². The number of unbranched alkanes of at least 4 members (excludes halogenated alkanes) is 2. The number of rotatable bonds is 9. The summed E-state index contributed by atoms with van der Waals surface area (Å²) in [5, 5.41) is 14.6. The van der Waals surface area contributed by atoms with Crippen LogP contribution in [0.2, 0.25) is 0 Å². The number of benzene rings is 1. The Labute approximate surface area is 163 Å². The zero-order chi connectivity index (χ0) is 19.1. The normalized spacial score (nSPS) is 15.5. The van der Waals surface area contributed by atoms with E-state index in [1.807, 2.05) is 11.0 Å². The first kappa shape index (κ1) is 20.4. The molecule has 6 nitrogen and oxygen atoms in total. The number of nitrogens with one attached hydrogen (secondary N) is 1. The number of para-hydroxylation sites is 2. The lowest BCUT2D eigenvalue weighted by atomic mass is 10.2. The highest BCUT2D eigenvalue weighted by Crippen LogP contribution is 2.37. The van der Waals surface area contributed by atoms with Gasteiger partial charge in [0.2, 0.25) is 0 Å². The maximum absolute atomic E-state index is 11.7. The zero-order valence-corrected chi connectivity index (χ0v) is 16.4. The van der Waals surface area contributed by atoms with Crippen molar-refractivity contribution in [1.29, 1.82) is 0 Å². The van der Waals surface area contributed by atoms with E-state index in [-0.39, 0.29) is 21.8 Å². The Bertz CT molecular complexity index is 684. The molecule has 1 aliphatic heterocycles. The van der Waals surface area contributed by atoms with Crippen molar-refractivity contribution in [2.45, 2.75) is 39.5 Å². The zero-order valence-electron chi connectivity index (χ0n) is 14.9. The number of allylic oxidation sites excluding steroid dienone is 1. The monoisotopic (exact) mass is 399 g/mol. The van der Waals surface area contributed by atoms with Crippen molar-refractivity contribution < 1.29 is 9.66 Å². The van der Waals surface area contributed by atoms with E-state index in [1.165, 1.54) is 0 Å². The fourth-order valence-electron chi connectivity index (χ4n) is 2.53. The summed E-state index contributed by atoms with van der Waals surface area (Å²) in [6, 6.07) is 7.09. The number of ether oxygens (including phenoxy) is 1. The highest BCUT2D eigenvalue weighted by atomic mass is 35.5. The Morgan fingerprint density at radius 1 is 1.19 bits per heavy atom. The largest absolute Gasteiger partial charge is 0.433 e. The predicted octanol–water partition coefficient (Wildman–Crippen LogP) is 5.49. The van der Waals surface area contributed by atoms with Crippen LogP contribution < -0.4 is 10.1 Å². The molecule has 0 spiro atoms. The molecule has 0 aromatic heterocycles. The molecule has 0 saturated carbocycles. The first-order valence-corrected chi connectivity index (χ1v) is 9.48. The Balaban J connectivity index is 2.37. The van der Waals surface area contributed by atoms with Gasteiger partial charge in [0.1, 0.15) is 5.16 Å². The van der Waals surface area contributed by atoms with Gasteiger partial charge < -0.3 is 15.0 Å². The van der Waals surface area contributed by atoms with Crippen molar-refractivity contribution in [3.63, 3.8) is 0 Å². The van der Waals surface area contributed by atoms with E-state index in [4.69, 9.17) is 27.9 Å². The third-order valence-corrected chi connectivity index (χ3v) is 4.86. The smallest absolute Gasteiger partial charge is 0.350 e. The van der Waals surface area contributed by atoms with Gasteiger partial charge in [-0.25, -0.2) is 0 Å². The Morgan fingerprint density at radius 3 is 2.35 bits per heavy atom. The third-order valence-electron chi connectivity index (χ3n) is 3.97. The van der Waals surface area contributed by atoms with Crippen LogP contribution in [0, 0.1) is 10.1 Å².